The third kappa shape index (κ3) is 11.6. The van der Waals surface area contributed by atoms with E-state index in [0.29, 0.717) is 17.6 Å². The quantitative estimate of drug-likeness (QED) is 0.0810. The van der Waals surface area contributed by atoms with Crippen molar-refractivity contribution in [2.45, 2.75) is 76.0 Å². The van der Waals surface area contributed by atoms with Crippen LogP contribution in [0.5, 0.6) is 0 Å². The van der Waals surface area contributed by atoms with E-state index in [1.807, 2.05) is 0 Å². The lowest BCUT2D eigenvalue weighted by Crippen LogP contribution is -2.56. The van der Waals surface area contributed by atoms with Crippen LogP contribution in [-0.2, 0) is 50.3 Å². The largest absolute Gasteiger partial charge is 0.472 e. The molecule has 0 aromatic carbocycles. The molecule has 0 bridgehead atoms. The van der Waals surface area contributed by atoms with Crippen LogP contribution in [0.1, 0.15) is 33.1 Å². The van der Waals surface area contributed by atoms with Gasteiger partial charge in [-0.1, -0.05) is 12.0 Å². The van der Waals surface area contributed by atoms with E-state index in [-0.39, 0.29) is 51.0 Å². The van der Waals surface area contributed by atoms with Gasteiger partial charge in [0.15, 0.2) is 6.23 Å². The minimum absolute atomic E-state index is 0.0260. The molecule has 0 aromatic heterocycles. The summed E-state index contributed by atoms with van der Waals surface area (Å²) in [5.41, 5.74) is 1.04. The van der Waals surface area contributed by atoms with E-state index < -0.39 is 85.6 Å². The lowest BCUT2D eigenvalue weighted by atomic mass is 9.91. The Kier molecular flexibility index (Phi) is 14.2. The van der Waals surface area contributed by atoms with Gasteiger partial charge in [0, 0.05) is 44.1 Å². The van der Waals surface area contributed by atoms with Crippen LogP contribution in [0, 0.1) is 23.7 Å². The highest BCUT2D eigenvalue weighted by Gasteiger charge is 2.52. The van der Waals surface area contributed by atoms with Crippen LogP contribution in [0.15, 0.2) is 23.3 Å². The number of aliphatic hydroxyl groups is 2. The smallest absolute Gasteiger partial charge is 0.396 e. The molecule has 0 saturated carbocycles. The van der Waals surface area contributed by atoms with Gasteiger partial charge in [-0.25, -0.2) is 18.5 Å². The molecule has 2 amide bonds. The molecule has 6 unspecified atom stereocenters. The Morgan fingerprint density at radius 1 is 1.10 bits per heavy atom. The molecule has 3 heterocycles. The monoisotopic (exact) mass is 773 g/mol. The Morgan fingerprint density at radius 2 is 1.78 bits per heavy atom. The standard InChI is InChI=1S/C27H42N3O17P3/c1-4-17-9-18(12-31)11-19(10-17)13-41-49(36,37)46-20-6-8-40-21(20)14-42-50(38,39)47-25-22(15-43-48(34,35)45-16(2)3)44-26(24(25)32)30-7-5-23(28)29-27(30)33/h1,10-11,16,18,20-22,24-26,31-32H,5-9,12-15H2,2-3H3,(H,34,35)(H,36,37)(H,38,39)(H2,28,29,33)/t18?,20?,21-,22-,24+,25?,26-/m1/s1. The molecule has 3 saturated heterocycles. The minimum Gasteiger partial charge on any atom is -0.396 e. The van der Waals surface area contributed by atoms with Gasteiger partial charge in [0.2, 0.25) is 0 Å². The number of phosphoric acid groups is 3. The van der Waals surface area contributed by atoms with Gasteiger partial charge >= 0.3 is 29.5 Å². The van der Waals surface area contributed by atoms with Crippen LogP contribution < -0.4 is 5.32 Å². The van der Waals surface area contributed by atoms with Gasteiger partial charge in [-0.05, 0) is 31.9 Å². The fourth-order valence-corrected chi connectivity index (χ4v) is 8.29. The number of amidine groups is 1. The number of carbonyl (C=O) groups is 1. The molecule has 4 aliphatic rings. The zero-order valence-electron chi connectivity index (χ0n) is 27.1. The average molecular weight is 774 g/mol. The van der Waals surface area contributed by atoms with E-state index in [1.165, 1.54) is 13.8 Å². The molecular formula is C27H42N3O17P3. The van der Waals surface area contributed by atoms with Crippen LogP contribution in [0.3, 0.4) is 0 Å². The van der Waals surface area contributed by atoms with Crippen molar-refractivity contribution in [2.24, 2.45) is 5.92 Å². The maximum absolute atomic E-state index is 13.1. The third-order valence-electron chi connectivity index (χ3n) is 7.66. The second-order valence-electron chi connectivity index (χ2n) is 11.9. The van der Waals surface area contributed by atoms with Crippen LogP contribution in [0.25, 0.3) is 0 Å². The van der Waals surface area contributed by atoms with Crippen molar-refractivity contribution in [3.63, 3.8) is 0 Å². The maximum Gasteiger partial charge on any atom is 0.472 e. The van der Waals surface area contributed by atoms with Crippen molar-refractivity contribution in [3.05, 3.63) is 23.3 Å². The van der Waals surface area contributed by atoms with Crippen molar-refractivity contribution in [2.75, 3.05) is 39.6 Å². The summed E-state index contributed by atoms with van der Waals surface area (Å²) in [5.74, 6) is 2.11. The predicted octanol–water partition coefficient (Wildman–Crippen LogP) is 1.30. The molecular weight excluding hydrogens is 731 g/mol. The maximum atomic E-state index is 13.1. The number of phosphoric ester groups is 3. The number of nitrogens with zero attached hydrogens (tertiary/aromatic N) is 1. The van der Waals surface area contributed by atoms with Gasteiger partial charge in [0.05, 0.1) is 25.9 Å². The molecule has 1 aliphatic carbocycles. The summed E-state index contributed by atoms with van der Waals surface area (Å²) in [6.45, 7) is 0.861. The number of carbonyl (C=O) groups excluding carboxylic acids is 1. The number of ether oxygens (including phenoxy) is 2. The van der Waals surface area contributed by atoms with Crippen LogP contribution >= 0.6 is 23.5 Å². The fourth-order valence-electron chi connectivity index (χ4n) is 5.44. The minimum atomic E-state index is -5.13. The fraction of sp³-hybridized carbons (Fsp3) is 0.704. The highest BCUT2D eigenvalue weighted by molar-refractivity contribution is 7.48. The van der Waals surface area contributed by atoms with Gasteiger partial charge in [-0.3, -0.25) is 42.8 Å². The first-order chi connectivity index (χ1) is 23.4. The molecule has 23 heteroatoms. The highest BCUT2D eigenvalue weighted by Crippen LogP contribution is 2.51. The highest BCUT2D eigenvalue weighted by atomic mass is 31.2. The summed E-state index contributed by atoms with van der Waals surface area (Å²) in [6.07, 6.45) is -0.283. The summed E-state index contributed by atoms with van der Waals surface area (Å²) < 4.78 is 79.9. The first kappa shape index (κ1) is 40.9. The molecule has 0 spiro atoms. The second kappa shape index (κ2) is 17.3. The number of hydrogen-bond donors (Lipinski definition) is 7. The number of allylic oxidation sites excluding steroid dienone is 1. The number of rotatable bonds is 17. The Bertz CT molecular complexity index is 1500. The van der Waals surface area contributed by atoms with Crippen LogP contribution in [0.2, 0.25) is 0 Å². The van der Waals surface area contributed by atoms with Gasteiger partial charge in [-0.15, -0.1) is 6.42 Å². The second-order valence-corrected chi connectivity index (χ2v) is 16.2. The molecule has 282 valence electrons. The van der Waals surface area contributed by atoms with Crippen molar-refractivity contribution in [1.29, 1.82) is 5.41 Å². The molecule has 4 rings (SSSR count). The number of nitrogens with one attached hydrogen (secondary N) is 2. The average Bonchev–Trinajstić information content (AvgIpc) is 3.59. The summed E-state index contributed by atoms with van der Waals surface area (Å²) in [5, 5.41) is 30.5. The lowest BCUT2D eigenvalue weighted by Gasteiger charge is -2.33. The molecule has 3 fully saturated rings. The Morgan fingerprint density at radius 3 is 2.44 bits per heavy atom. The Labute approximate surface area is 288 Å². The number of hydrogen-bond acceptors (Lipinski definition) is 15. The molecule has 50 heavy (non-hydrogen) atoms. The zero-order valence-corrected chi connectivity index (χ0v) is 29.8. The first-order valence-corrected chi connectivity index (χ1v) is 20.0. The van der Waals surface area contributed by atoms with Crippen molar-refractivity contribution >= 4 is 35.3 Å². The van der Waals surface area contributed by atoms with E-state index in [0.717, 1.165) is 4.90 Å². The molecule has 3 aliphatic heterocycles. The number of terminal acetylenes is 1. The van der Waals surface area contributed by atoms with Crippen molar-refractivity contribution < 1.29 is 80.0 Å². The van der Waals surface area contributed by atoms with Crippen molar-refractivity contribution in [1.82, 2.24) is 10.2 Å². The summed E-state index contributed by atoms with van der Waals surface area (Å²) >= 11 is 0. The first-order valence-electron chi connectivity index (χ1n) is 15.5. The Balaban J connectivity index is 1.38. The summed E-state index contributed by atoms with van der Waals surface area (Å²) in [7, 11) is -14.5. The molecule has 10 atom stereocenters. The van der Waals surface area contributed by atoms with Crippen LogP contribution in [0.4, 0.5) is 4.79 Å². The van der Waals surface area contributed by atoms with E-state index >= 15 is 0 Å². The van der Waals surface area contributed by atoms with Gasteiger partial charge in [0.1, 0.15) is 36.4 Å². The van der Waals surface area contributed by atoms with E-state index in [9.17, 15) is 43.4 Å². The van der Waals surface area contributed by atoms with Gasteiger partial charge in [0.25, 0.3) is 0 Å². The lowest BCUT2D eigenvalue weighted by molar-refractivity contribution is -0.0794. The van der Waals surface area contributed by atoms with Crippen LogP contribution in [-0.4, -0.2) is 124 Å². The Hall–Kier alpha value is -1.85. The molecule has 0 aromatic rings. The van der Waals surface area contributed by atoms with E-state index in [1.54, 1.807) is 12.2 Å². The predicted molar refractivity (Wildman–Crippen MR) is 170 cm³/mol. The molecule has 7 N–H and O–H groups in total. The third-order valence-corrected chi connectivity index (χ3v) is 10.8. The topological polar surface area (TPSA) is 282 Å². The molecule has 0 radical (unpaired) electrons. The molecule has 20 nitrogen and oxygen atoms in total. The summed E-state index contributed by atoms with van der Waals surface area (Å²) in [4.78, 5) is 44.5. The van der Waals surface area contributed by atoms with E-state index in [2.05, 4.69) is 11.2 Å². The number of urea groups is 1. The normalized spacial score (nSPS) is 32.5. The van der Waals surface area contributed by atoms with E-state index in [4.69, 9.17) is 48.4 Å². The number of amides is 2. The number of aliphatic hydroxyl groups excluding tert-OH is 2. The SMILES string of the molecule is C#CC1=CC(COP(=O)(O)OC2CCO[C@@H]2COP(=O)(O)OC2[C@@H](COP(=O)(O)OC(C)C)O[C@@H](N3CCC(=N)NC3=O)[C@H]2O)=CC(CO)C1. The zero-order chi connectivity index (χ0) is 36.9. The van der Waals surface area contributed by atoms with Gasteiger partial charge < -0.3 is 34.4 Å². The summed E-state index contributed by atoms with van der Waals surface area (Å²) in [6, 6.07) is -0.807. The van der Waals surface area contributed by atoms with Gasteiger partial charge in [-0.2, -0.15) is 0 Å². The van der Waals surface area contributed by atoms with Crippen molar-refractivity contribution in [3.8, 4) is 12.3 Å².